The number of halogens is 3. The fourth-order valence-corrected chi connectivity index (χ4v) is 0.353. The van der Waals surface area contributed by atoms with Gasteiger partial charge in [0.1, 0.15) is 0 Å². The van der Waals surface area contributed by atoms with Crippen LogP contribution in [0.5, 0.6) is 0 Å². The summed E-state index contributed by atoms with van der Waals surface area (Å²) in [6.45, 7) is 3.70. The molecule has 0 saturated carbocycles. The van der Waals surface area contributed by atoms with Crippen molar-refractivity contribution in [2.24, 2.45) is 0 Å². The van der Waals surface area contributed by atoms with Crippen LogP contribution >= 0.6 is 0 Å². The van der Waals surface area contributed by atoms with Gasteiger partial charge in [-0.1, -0.05) is 6.08 Å². The molecule has 0 spiro atoms. The van der Waals surface area contributed by atoms with E-state index in [0.29, 0.717) is 6.92 Å². The van der Waals surface area contributed by atoms with Gasteiger partial charge in [-0.15, -0.1) is 6.58 Å². The van der Waals surface area contributed by atoms with Crippen LogP contribution in [0.4, 0.5) is 13.2 Å². The van der Waals surface area contributed by atoms with Crippen LogP contribution in [-0.2, 0) is 0 Å². The monoisotopic (exact) mass is 138 g/mol. The molecule has 0 fully saturated rings. The van der Waals surface area contributed by atoms with E-state index in [2.05, 4.69) is 6.58 Å². The number of alkyl halides is 3. The highest BCUT2D eigenvalue weighted by atomic mass is 19.3. The van der Waals surface area contributed by atoms with Gasteiger partial charge in [0.2, 0.25) is 0 Å². The Hall–Kier alpha value is -0.470. The lowest BCUT2D eigenvalue weighted by atomic mass is 10.2. The molecular weight excluding hydrogens is 129 g/mol. The Bertz CT molecular complexity index is 93.0. The lowest BCUT2D eigenvalue weighted by molar-refractivity contribution is -0.0532. The van der Waals surface area contributed by atoms with Crippen molar-refractivity contribution in [1.29, 1.82) is 0 Å². The number of allylic oxidation sites excluding steroid dienone is 1. The summed E-state index contributed by atoms with van der Waals surface area (Å²) in [7, 11) is 0. The molecule has 9 heavy (non-hydrogen) atoms. The molecule has 0 aromatic carbocycles. The maximum Gasteiger partial charge on any atom is 0.276 e. The van der Waals surface area contributed by atoms with Crippen LogP contribution < -0.4 is 0 Å². The third-order valence-corrected chi connectivity index (χ3v) is 0.924. The molecule has 0 aliphatic rings. The van der Waals surface area contributed by atoms with Crippen molar-refractivity contribution >= 4 is 0 Å². The van der Waals surface area contributed by atoms with Crippen molar-refractivity contribution in [3.05, 3.63) is 12.7 Å². The number of hydrogen-bond acceptors (Lipinski definition) is 0. The van der Waals surface area contributed by atoms with Gasteiger partial charge in [0, 0.05) is 13.3 Å². The highest BCUT2D eigenvalue weighted by Gasteiger charge is 2.32. The minimum atomic E-state index is -3.23. The summed E-state index contributed by atoms with van der Waals surface area (Å²) in [5.74, 6) is -3.23. The molecule has 0 N–H and O–H groups in total. The number of hydrogen-bond donors (Lipinski definition) is 0. The standard InChI is InChI=1S/C6H9F3/c1-3-4-5(7)6(2,8)9/h3,5H,1,4H2,2H3. The van der Waals surface area contributed by atoms with Crippen molar-refractivity contribution < 1.29 is 13.2 Å². The van der Waals surface area contributed by atoms with E-state index < -0.39 is 12.1 Å². The Labute approximate surface area is 52.4 Å². The molecule has 0 aliphatic heterocycles. The molecule has 0 bridgehead atoms. The Morgan fingerprint density at radius 1 is 1.67 bits per heavy atom. The highest BCUT2D eigenvalue weighted by molar-refractivity contribution is 4.79. The van der Waals surface area contributed by atoms with Crippen LogP contribution in [0.25, 0.3) is 0 Å². The molecule has 0 amide bonds. The van der Waals surface area contributed by atoms with Crippen molar-refractivity contribution in [2.75, 3.05) is 0 Å². The summed E-state index contributed by atoms with van der Waals surface area (Å²) in [6, 6.07) is 0. The maximum absolute atomic E-state index is 12.1. The van der Waals surface area contributed by atoms with Crippen LogP contribution in [0.3, 0.4) is 0 Å². The van der Waals surface area contributed by atoms with E-state index in [1.807, 2.05) is 0 Å². The predicted octanol–water partition coefficient (Wildman–Crippen LogP) is 2.56. The smallest absolute Gasteiger partial charge is 0.241 e. The maximum atomic E-state index is 12.1. The minimum absolute atomic E-state index is 0.288. The molecule has 0 saturated heterocycles. The molecule has 0 heterocycles. The van der Waals surface area contributed by atoms with Gasteiger partial charge in [-0.2, -0.15) is 0 Å². The van der Waals surface area contributed by atoms with E-state index in [4.69, 9.17) is 0 Å². The Balaban J connectivity index is 3.72. The van der Waals surface area contributed by atoms with E-state index in [-0.39, 0.29) is 6.42 Å². The zero-order chi connectivity index (χ0) is 7.49. The molecular formula is C6H9F3. The molecule has 0 nitrogen and oxygen atoms in total. The van der Waals surface area contributed by atoms with Crippen molar-refractivity contribution in [1.82, 2.24) is 0 Å². The summed E-state index contributed by atoms with van der Waals surface area (Å²) >= 11 is 0. The first-order chi connectivity index (χ1) is 3.98. The Kier molecular flexibility index (Phi) is 2.74. The second-order valence-electron chi connectivity index (χ2n) is 1.95. The first kappa shape index (κ1) is 8.53. The fourth-order valence-electron chi connectivity index (χ4n) is 0.353. The molecule has 0 radical (unpaired) electrons. The quantitative estimate of drug-likeness (QED) is 0.526. The summed E-state index contributed by atoms with van der Waals surface area (Å²) < 4.78 is 35.8. The van der Waals surface area contributed by atoms with Gasteiger partial charge in [-0.3, -0.25) is 0 Å². The van der Waals surface area contributed by atoms with Crippen molar-refractivity contribution in [2.45, 2.75) is 25.4 Å². The van der Waals surface area contributed by atoms with Crippen LogP contribution in [0.2, 0.25) is 0 Å². The molecule has 54 valence electrons. The molecule has 0 aliphatic carbocycles. The van der Waals surface area contributed by atoms with E-state index >= 15 is 0 Å². The predicted molar refractivity (Wildman–Crippen MR) is 30.3 cm³/mol. The van der Waals surface area contributed by atoms with Gasteiger partial charge in [-0.25, -0.2) is 13.2 Å². The van der Waals surface area contributed by atoms with Crippen LogP contribution in [0.15, 0.2) is 12.7 Å². The molecule has 0 aromatic rings. The lowest BCUT2D eigenvalue weighted by Crippen LogP contribution is -2.24. The topological polar surface area (TPSA) is 0 Å². The first-order valence-electron chi connectivity index (χ1n) is 2.61. The number of rotatable bonds is 3. The SMILES string of the molecule is C=CCC(F)C(C)(F)F. The normalized spacial score (nSPS) is 15.1. The summed E-state index contributed by atoms with van der Waals surface area (Å²) in [4.78, 5) is 0. The van der Waals surface area contributed by atoms with E-state index in [1.165, 1.54) is 0 Å². The van der Waals surface area contributed by atoms with E-state index in [0.717, 1.165) is 6.08 Å². The second kappa shape index (κ2) is 2.90. The Morgan fingerprint density at radius 3 is 2.22 bits per heavy atom. The highest BCUT2D eigenvalue weighted by Crippen LogP contribution is 2.22. The Morgan fingerprint density at radius 2 is 2.11 bits per heavy atom. The van der Waals surface area contributed by atoms with Gasteiger partial charge in [0.25, 0.3) is 5.92 Å². The fraction of sp³-hybridized carbons (Fsp3) is 0.667. The van der Waals surface area contributed by atoms with E-state index in [9.17, 15) is 13.2 Å². The van der Waals surface area contributed by atoms with Gasteiger partial charge < -0.3 is 0 Å². The van der Waals surface area contributed by atoms with Gasteiger partial charge in [-0.05, 0) is 0 Å². The summed E-state index contributed by atoms with van der Waals surface area (Å²) in [5, 5.41) is 0. The van der Waals surface area contributed by atoms with Gasteiger partial charge in [0.05, 0.1) is 0 Å². The molecule has 1 atom stereocenters. The second-order valence-corrected chi connectivity index (χ2v) is 1.95. The van der Waals surface area contributed by atoms with Crippen LogP contribution in [-0.4, -0.2) is 12.1 Å². The van der Waals surface area contributed by atoms with E-state index in [1.54, 1.807) is 0 Å². The molecule has 1 unspecified atom stereocenters. The third kappa shape index (κ3) is 3.16. The average molecular weight is 138 g/mol. The molecule has 0 aromatic heterocycles. The van der Waals surface area contributed by atoms with Gasteiger partial charge >= 0.3 is 0 Å². The summed E-state index contributed by atoms with van der Waals surface area (Å²) in [6.07, 6.45) is -1.24. The van der Waals surface area contributed by atoms with Gasteiger partial charge in [0.15, 0.2) is 6.17 Å². The van der Waals surface area contributed by atoms with Crippen molar-refractivity contribution in [3.8, 4) is 0 Å². The van der Waals surface area contributed by atoms with Crippen LogP contribution in [0, 0.1) is 0 Å². The zero-order valence-electron chi connectivity index (χ0n) is 5.20. The average Bonchev–Trinajstić information content (AvgIpc) is 1.64. The van der Waals surface area contributed by atoms with Crippen LogP contribution in [0.1, 0.15) is 13.3 Å². The molecule has 0 rings (SSSR count). The lowest BCUT2D eigenvalue weighted by Gasteiger charge is -2.12. The third-order valence-electron chi connectivity index (χ3n) is 0.924. The largest absolute Gasteiger partial charge is 0.276 e. The van der Waals surface area contributed by atoms with Crippen molar-refractivity contribution in [3.63, 3.8) is 0 Å². The minimum Gasteiger partial charge on any atom is -0.241 e. The summed E-state index contributed by atoms with van der Waals surface area (Å²) in [5.41, 5.74) is 0. The zero-order valence-corrected chi connectivity index (χ0v) is 5.20. The molecule has 3 heteroatoms. The first-order valence-corrected chi connectivity index (χ1v) is 2.61.